The molecule has 0 aromatic carbocycles. The van der Waals surface area contributed by atoms with Gasteiger partial charge in [0.25, 0.3) is 0 Å². The highest BCUT2D eigenvalue weighted by atomic mass is 35.5. The van der Waals surface area contributed by atoms with Gasteiger partial charge in [0.05, 0.1) is 6.10 Å². The Kier molecular flexibility index (Phi) is 2.95. The Bertz CT molecular complexity index is 318. The van der Waals surface area contributed by atoms with Gasteiger partial charge in [0, 0.05) is 18.5 Å². The summed E-state index contributed by atoms with van der Waals surface area (Å²) in [5.41, 5.74) is 0. The highest BCUT2D eigenvalue weighted by Crippen LogP contribution is 2.27. The monoisotopic (exact) mass is 232 g/mol. The first-order chi connectivity index (χ1) is 6.66. The molecule has 2 heterocycles. The van der Waals surface area contributed by atoms with Gasteiger partial charge in [-0.2, -0.15) is 0 Å². The van der Waals surface area contributed by atoms with Crippen LogP contribution in [-0.2, 0) is 0 Å². The van der Waals surface area contributed by atoms with Gasteiger partial charge in [0.2, 0.25) is 0 Å². The lowest BCUT2D eigenvalue weighted by molar-refractivity contribution is 0.0971. The number of rotatable bonds is 1. The van der Waals surface area contributed by atoms with E-state index in [1.165, 1.54) is 0 Å². The molecule has 78 valence electrons. The molecular formula is C9H13ClN2OS. The third kappa shape index (κ3) is 2.02. The predicted molar refractivity (Wildman–Crippen MR) is 59.1 cm³/mol. The number of thiazole rings is 1. The van der Waals surface area contributed by atoms with Gasteiger partial charge in [0.1, 0.15) is 5.15 Å². The maximum Gasteiger partial charge on any atom is 0.186 e. The van der Waals surface area contributed by atoms with Crippen LogP contribution in [0.4, 0.5) is 5.13 Å². The lowest BCUT2D eigenvalue weighted by atomic mass is 9.97. The van der Waals surface area contributed by atoms with E-state index in [4.69, 9.17) is 11.6 Å². The van der Waals surface area contributed by atoms with Crippen molar-refractivity contribution in [1.29, 1.82) is 0 Å². The summed E-state index contributed by atoms with van der Waals surface area (Å²) in [6.45, 7) is 3.80. The number of hydrogen-bond donors (Lipinski definition) is 1. The normalized spacial score (nSPS) is 28.1. The van der Waals surface area contributed by atoms with Gasteiger partial charge in [-0.3, -0.25) is 0 Å². The van der Waals surface area contributed by atoms with E-state index in [1.54, 1.807) is 11.3 Å². The number of piperidine rings is 1. The lowest BCUT2D eigenvalue weighted by Crippen LogP contribution is -2.41. The molecule has 2 atom stereocenters. The first kappa shape index (κ1) is 10.2. The SMILES string of the molecule is CC1CN(c2nc(Cl)cs2)CCC1O. The van der Waals surface area contributed by atoms with Gasteiger partial charge < -0.3 is 10.0 Å². The molecule has 14 heavy (non-hydrogen) atoms. The largest absolute Gasteiger partial charge is 0.393 e. The fourth-order valence-corrected chi connectivity index (χ4v) is 2.68. The van der Waals surface area contributed by atoms with Crippen molar-refractivity contribution in [3.05, 3.63) is 10.5 Å². The quantitative estimate of drug-likeness (QED) is 0.805. The number of nitrogens with zero attached hydrogens (tertiary/aromatic N) is 2. The fourth-order valence-electron chi connectivity index (χ4n) is 1.70. The number of aliphatic hydroxyl groups excluding tert-OH is 1. The highest BCUT2D eigenvalue weighted by Gasteiger charge is 2.25. The Balaban J connectivity index is 2.06. The van der Waals surface area contributed by atoms with Crippen LogP contribution in [0.3, 0.4) is 0 Å². The van der Waals surface area contributed by atoms with Gasteiger partial charge in [-0.05, 0) is 12.3 Å². The minimum absolute atomic E-state index is 0.165. The standard InChI is InChI=1S/C9H13ClN2OS/c1-6-4-12(3-2-7(6)13)9-11-8(10)5-14-9/h5-7,13H,2-4H2,1H3. The van der Waals surface area contributed by atoms with Gasteiger partial charge in [-0.1, -0.05) is 18.5 Å². The van der Waals surface area contributed by atoms with E-state index in [0.29, 0.717) is 11.1 Å². The first-order valence-electron chi connectivity index (χ1n) is 4.71. The van der Waals surface area contributed by atoms with E-state index >= 15 is 0 Å². The number of halogens is 1. The minimum Gasteiger partial charge on any atom is -0.393 e. The minimum atomic E-state index is -0.165. The molecule has 0 radical (unpaired) electrons. The smallest absolute Gasteiger partial charge is 0.186 e. The van der Waals surface area contributed by atoms with Gasteiger partial charge in [-0.25, -0.2) is 4.98 Å². The van der Waals surface area contributed by atoms with Crippen molar-refractivity contribution in [2.24, 2.45) is 5.92 Å². The average Bonchev–Trinajstić information content (AvgIpc) is 2.57. The summed E-state index contributed by atoms with van der Waals surface area (Å²) < 4.78 is 0. The number of aromatic nitrogens is 1. The van der Waals surface area contributed by atoms with E-state index in [1.807, 2.05) is 5.38 Å². The number of anilines is 1. The van der Waals surface area contributed by atoms with E-state index in [-0.39, 0.29) is 6.10 Å². The van der Waals surface area contributed by atoms with Crippen LogP contribution in [0.1, 0.15) is 13.3 Å². The summed E-state index contributed by atoms with van der Waals surface area (Å²) >= 11 is 7.33. The summed E-state index contributed by atoms with van der Waals surface area (Å²) in [5, 5.41) is 12.9. The second-order valence-electron chi connectivity index (χ2n) is 3.73. The van der Waals surface area contributed by atoms with Gasteiger partial charge in [-0.15, -0.1) is 11.3 Å². The summed E-state index contributed by atoms with van der Waals surface area (Å²) in [6, 6.07) is 0. The summed E-state index contributed by atoms with van der Waals surface area (Å²) in [5.74, 6) is 0.312. The van der Waals surface area contributed by atoms with Crippen molar-refractivity contribution in [2.75, 3.05) is 18.0 Å². The molecule has 3 nitrogen and oxygen atoms in total. The van der Waals surface area contributed by atoms with E-state index in [2.05, 4.69) is 16.8 Å². The van der Waals surface area contributed by atoms with Crippen LogP contribution in [0.15, 0.2) is 5.38 Å². The Morgan fingerprint density at radius 1 is 1.71 bits per heavy atom. The number of aliphatic hydroxyl groups is 1. The molecule has 1 N–H and O–H groups in total. The van der Waals surface area contributed by atoms with Crippen LogP contribution in [0.25, 0.3) is 0 Å². The van der Waals surface area contributed by atoms with Crippen molar-refractivity contribution >= 4 is 28.1 Å². The molecule has 1 saturated heterocycles. The lowest BCUT2D eigenvalue weighted by Gasteiger charge is -2.34. The molecule has 2 rings (SSSR count). The van der Waals surface area contributed by atoms with E-state index in [0.717, 1.165) is 24.6 Å². The zero-order valence-electron chi connectivity index (χ0n) is 7.98. The molecule has 0 saturated carbocycles. The van der Waals surface area contributed by atoms with Crippen molar-refractivity contribution in [2.45, 2.75) is 19.4 Å². The summed E-state index contributed by atoms with van der Waals surface area (Å²) in [7, 11) is 0. The summed E-state index contributed by atoms with van der Waals surface area (Å²) in [4.78, 5) is 6.41. The molecule has 1 aliphatic heterocycles. The molecule has 1 aromatic rings. The van der Waals surface area contributed by atoms with Crippen LogP contribution in [0.5, 0.6) is 0 Å². The Morgan fingerprint density at radius 2 is 2.50 bits per heavy atom. The Morgan fingerprint density at radius 3 is 3.07 bits per heavy atom. The van der Waals surface area contributed by atoms with Crippen LogP contribution in [-0.4, -0.2) is 29.3 Å². The maximum atomic E-state index is 9.58. The fraction of sp³-hybridized carbons (Fsp3) is 0.667. The molecule has 0 amide bonds. The number of hydrogen-bond acceptors (Lipinski definition) is 4. The van der Waals surface area contributed by atoms with E-state index in [9.17, 15) is 5.11 Å². The molecule has 0 bridgehead atoms. The zero-order valence-corrected chi connectivity index (χ0v) is 9.55. The zero-order chi connectivity index (χ0) is 10.1. The molecule has 2 unspecified atom stereocenters. The second-order valence-corrected chi connectivity index (χ2v) is 4.96. The molecule has 0 aliphatic carbocycles. The van der Waals surface area contributed by atoms with Crippen molar-refractivity contribution < 1.29 is 5.11 Å². The average molecular weight is 233 g/mol. The van der Waals surface area contributed by atoms with Crippen LogP contribution >= 0.6 is 22.9 Å². The molecular weight excluding hydrogens is 220 g/mol. The van der Waals surface area contributed by atoms with Crippen LogP contribution < -0.4 is 4.90 Å². The first-order valence-corrected chi connectivity index (χ1v) is 5.96. The van der Waals surface area contributed by atoms with E-state index < -0.39 is 0 Å². The molecule has 5 heteroatoms. The third-order valence-corrected chi connectivity index (χ3v) is 3.82. The Hall–Kier alpha value is -0.320. The van der Waals surface area contributed by atoms with Crippen LogP contribution in [0, 0.1) is 5.92 Å². The van der Waals surface area contributed by atoms with Gasteiger partial charge in [0.15, 0.2) is 5.13 Å². The molecule has 1 aliphatic rings. The second kappa shape index (κ2) is 4.04. The topological polar surface area (TPSA) is 36.4 Å². The highest BCUT2D eigenvalue weighted by molar-refractivity contribution is 7.14. The van der Waals surface area contributed by atoms with Gasteiger partial charge >= 0.3 is 0 Å². The molecule has 0 spiro atoms. The predicted octanol–water partition coefficient (Wildman–Crippen LogP) is 2.00. The summed E-state index contributed by atoms with van der Waals surface area (Å²) in [6.07, 6.45) is 0.653. The van der Waals surface area contributed by atoms with Crippen molar-refractivity contribution in [3.8, 4) is 0 Å². The van der Waals surface area contributed by atoms with Crippen LogP contribution in [0.2, 0.25) is 5.15 Å². The van der Waals surface area contributed by atoms with Crippen molar-refractivity contribution in [1.82, 2.24) is 4.98 Å². The molecule has 1 aromatic heterocycles. The Labute approximate surface area is 92.3 Å². The molecule has 1 fully saturated rings. The maximum absolute atomic E-state index is 9.58. The third-order valence-electron chi connectivity index (χ3n) is 2.59. The van der Waals surface area contributed by atoms with Crippen molar-refractivity contribution in [3.63, 3.8) is 0 Å².